The van der Waals surface area contributed by atoms with Gasteiger partial charge in [0.25, 0.3) is 10.2 Å². The number of nitrogens with zero attached hydrogens (tertiary/aromatic N) is 3. The molecular formula is C13H27N3O3S. The highest BCUT2D eigenvalue weighted by atomic mass is 32.2. The standard InChI is InChI=1S/C13H27N3O3S/c1-14-8-5-7-12(14)10-15(2)20(18,19)16-9-4-3-6-13(16)11-17/h12-13,17H,3-11H2,1-2H3. The fraction of sp³-hybridized carbons (Fsp3) is 1.00. The zero-order chi connectivity index (χ0) is 14.8. The molecule has 0 amide bonds. The normalized spacial score (nSPS) is 30.2. The van der Waals surface area contributed by atoms with Crippen molar-refractivity contribution in [2.45, 2.75) is 44.2 Å². The SMILES string of the molecule is CN1CCCC1CN(C)S(=O)(=O)N1CCCCC1CO. The molecule has 0 radical (unpaired) electrons. The molecule has 0 bridgehead atoms. The van der Waals surface area contributed by atoms with E-state index in [1.165, 1.54) is 8.61 Å². The zero-order valence-electron chi connectivity index (χ0n) is 12.5. The van der Waals surface area contributed by atoms with E-state index in [2.05, 4.69) is 11.9 Å². The van der Waals surface area contributed by atoms with E-state index in [-0.39, 0.29) is 12.6 Å². The molecule has 0 aromatic rings. The van der Waals surface area contributed by atoms with Crippen LogP contribution in [0.2, 0.25) is 0 Å². The number of likely N-dealkylation sites (N-methyl/N-ethyl adjacent to an activating group) is 2. The second-order valence-corrected chi connectivity index (χ2v) is 8.00. The van der Waals surface area contributed by atoms with Crippen molar-refractivity contribution in [3.63, 3.8) is 0 Å². The molecule has 0 aromatic carbocycles. The Balaban J connectivity index is 2.04. The summed E-state index contributed by atoms with van der Waals surface area (Å²) in [6.07, 6.45) is 4.82. The van der Waals surface area contributed by atoms with Crippen LogP contribution in [0.1, 0.15) is 32.1 Å². The van der Waals surface area contributed by atoms with Crippen LogP contribution in [-0.2, 0) is 10.2 Å². The maximum Gasteiger partial charge on any atom is 0.282 e. The smallest absolute Gasteiger partial charge is 0.282 e. The maximum absolute atomic E-state index is 12.7. The fourth-order valence-electron chi connectivity index (χ4n) is 3.24. The van der Waals surface area contributed by atoms with Crippen LogP contribution in [-0.4, -0.2) is 79.5 Å². The molecule has 2 unspecified atom stereocenters. The van der Waals surface area contributed by atoms with Gasteiger partial charge in [-0.2, -0.15) is 17.0 Å². The summed E-state index contributed by atoms with van der Waals surface area (Å²) in [6.45, 7) is 2.02. The van der Waals surface area contributed by atoms with Gasteiger partial charge in [-0.1, -0.05) is 6.42 Å². The molecule has 0 aromatic heterocycles. The molecule has 2 saturated heterocycles. The number of aliphatic hydroxyl groups excluding tert-OH is 1. The summed E-state index contributed by atoms with van der Waals surface area (Å²) >= 11 is 0. The lowest BCUT2D eigenvalue weighted by Crippen LogP contribution is -2.52. The molecule has 2 heterocycles. The first-order valence-electron chi connectivity index (χ1n) is 7.51. The van der Waals surface area contributed by atoms with Gasteiger partial charge in [0.2, 0.25) is 0 Å². The lowest BCUT2D eigenvalue weighted by Gasteiger charge is -2.37. The van der Waals surface area contributed by atoms with Crippen molar-refractivity contribution in [3.8, 4) is 0 Å². The largest absolute Gasteiger partial charge is 0.395 e. The number of hydrogen-bond donors (Lipinski definition) is 1. The Kier molecular flexibility index (Phi) is 5.42. The van der Waals surface area contributed by atoms with Crippen LogP contribution in [0, 0.1) is 0 Å². The summed E-state index contributed by atoms with van der Waals surface area (Å²) in [4.78, 5) is 2.23. The molecule has 6 nitrogen and oxygen atoms in total. The van der Waals surface area contributed by atoms with Gasteiger partial charge in [-0.25, -0.2) is 0 Å². The molecule has 20 heavy (non-hydrogen) atoms. The summed E-state index contributed by atoms with van der Waals surface area (Å²) in [6, 6.07) is 0.0599. The molecule has 0 aliphatic carbocycles. The molecule has 0 saturated carbocycles. The minimum atomic E-state index is -3.45. The van der Waals surface area contributed by atoms with Gasteiger partial charge in [0, 0.05) is 32.2 Å². The number of likely N-dealkylation sites (tertiary alicyclic amines) is 1. The molecule has 118 valence electrons. The minimum Gasteiger partial charge on any atom is -0.395 e. The number of rotatable bonds is 5. The van der Waals surface area contributed by atoms with E-state index < -0.39 is 10.2 Å². The van der Waals surface area contributed by atoms with Crippen molar-refractivity contribution in [1.29, 1.82) is 0 Å². The Bertz CT molecular complexity index is 415. The predicted octanol–water partition coefficient (Wildman–Crippen LogP) is 0.104. The van der Waals surface area contributed by atoms with Crippen molar-refractivity contribution >= 4 is 10.2 Å². The Morgan fingerprint density at radius 1 is 1.15 bits per heavy atom. The van der Waals surface area contributed by atoms with Gasteiger partial charge < -0.3 is 10.0 Å². The fourth-order valence-corrected chi connectivity index (χ4v) is 4.87. The van der Waals surface area contributed by atoms with Gasteiger partial charge >= 0.3 is 0 Å². The Labute approximate surface area is 122 Å². The van der Waals surface area contributed by atoms with Crippen molar-refractivity contribution in [2.75, 3.05) is 40.3 Å². The average molecular weight is 305 g/mol. The predicted molar refractivity (Wildman–Crippen MR) is 78.6 cm³/mol. The highest BCUT2D eigenvalue weighted by Crippen LogP contribution is 2.23. The number of aliphatic hydroxyl groups is 1. The average Bonchev–Trinajstić information content (AvgIpc) is 2.84. The van der Waals surface area contributed by atoms with Crippen LogP contribution in [0.25, 0.3) is 0 Å². The van der Waals surface area contributed by atoms with Crippen LogP contribution in [0.15, 0.2) is 0 Å². The molecule has 2 rings (SSSR count). The Morgan fingerprint density at radius 2 is 1.85 bits per heavy atom. The first kappa shape index (κ1) is 16.2. The van der Waals surface area contributed by atoms with Crippen molar-refractivity contribution in [2.24, 2.45) is 0 Å². The molecular weight excluding hydrogens is 278 g/mol. The van der Waals surface area contributed by atoms with E-state index in [0.29, 0.717) is 19.1 Å². The first-order valence-corrected chi connectivity index (χ1v) is 8.90. The molecule has 2 atom stereocenters. The van der Waals surface area contributed by atoms with Gasteiger partial charge in [0.05, 0.1) is 6.61 Å². The van der Waals surface area contributed by atoms with Crippen LogP contribution >= 0.6 is 0 Å². The van der Waals surface area contributed by atoms with Gasteiger partial charge in [-0.05, 0) is 39.3 Å². The lowest BCUT2D eigenvalue weighted by molar-refractivity contribution is 0.147. The highest BCUT2D eigenvalue weighted by Gasteiger charge is 2.36. The third-order valence-corrected chi connectivity index (χ3v) is 6.62. The number of hydrogen-bond acceptors (Lipinski definition) is 4. The summed E-state index contributed by atoms with van der Waals surface area (Å²) in [5, 5.41) is 9.40. The van der Waals surface area contributed by atoms with E-state index in [1.807, 2.05) is 0 Å². The first-order chi connectivity index (χ1) is 9.46. The molecule has 2 fully saturated rings. The van der Waals surface area contributed by atoms with Gasteiger partial charge in [0.15, 0.2) is 0 Å². The van der Waals surface area contributed by atoms with Crippen molar-refractivity contribution in [1.82, 2.24) is 13.5 Å². The Morgan fingerprint density at radius 3 is 2.45 bits per heavy atom. The van der Waals surface area contributed by atoms with E-state index in [0.717, 1.165) is 38.6 Å². The molecule has 2 aliphatic heterocycles. The van der Waals surface area contributed by atoms with E-state index in [4.69, 9.17) is 0 Å². The van der Waals surface area contributed by atoms with Crippen molar-refractivity contribution in [3.05, 3.63) is 0 Å². The third-order valence-electron chi connectivity index (χ3n) is 4.61. The van der Waals surface area contributed by atoms with Crippen LogP contribution in [0.4, 0.5) is 0 Å². The summed E-state index contributed by atoms with van der Waals surface area (Å²) in [5.74, 6) is 0. The second kappa shape index (κ2) is 6.70. The monoisotopic (exact) mass is 305 g/mol. The second-order valence-electron chi connectivity index (χ2n) is 6.01. The van der Waals surface area contributed by atoms with E-state index in [9.17, 15) is 13.5 Å². The molecule has 7 heteroatoms. The van der Waals surface area contributed by atoms with E-state index >= 15 is 0 Å². The minimum absolute atomic E-state index is 0.0869. The Hall–Kier alpha value is -0.210. The molecule has 1 N–H and O–H groups in total. The highest BCUT2D eigenvalue weighted by molar-refractivity contribution is 7.86. The summed E-state index contributed by atoms with van der Waals surface area (Å²) in [5.41, 5.74) is 0. The lowest BCUT2D eigenvalue weighted by atomic mass is 10.1. The van der Waals surface area contributed by atoms with Gasteiger partial charge in [0.1, 0.15) is 0 Å². The van der Waals surface area contributed by atoms with E-state index in [1.54, 1.807) is 7.05 Å². The third kappa shape index (κ3) is 3.33. The summed E-state index contributed by atoms with van der Waals surface area (Å²) in [7, 11) is 0.254. The number of piperidine rings is 1. The van der Waals surface area contributed by atoms with Gasteiger partial charge in [-0.15, -0.1) is 0 Å². The molecule has 0 spiro atoms. The van der Waals surface area contributed by atoms with Gasteiger partial charge in [-0.3, -0.25) is 0 Å². The quantitative estimate of drug-likeness (QED) is 0.783. The molecule has 2 aliphatic rings. The maximum atomic E-state index is 12.7. The van der Waals surface area contributed by atoms with Crippen LogP contribution < -0.4 is 0 Å². The summed E-state index contributed by atoms with van der Waals surface area (Å²) < 4.78 is 28.3. The van der Waals surface area contributed by atoms with Crippen LogP contribution in [0.5, 0.6) is 0 Å². The topological polar surface area (TPSA) is 64.1 Å². The van der Waals surface area contributed by atoms with Crippen LogP contribution in [0.3, 0.4) is 0 Å². The zero-order valence-corrected chi connectivity index (χ0v) is 13.3. The van der Waals surface area contributed by atoms with Crippen molar-refractivity contribution < 1.29 is 13.5 Å².